The standard InChI is InChI=1S/C12H19ClN2/c1-10-4-2-3-5-11(10)7-15-8-12(6-13)14-9-15/h8-11H,2-7H2,1H3. The minimum Gasteiger partial charge on any atom is -0.337 e. The van der Waals surface area contributed by atoms with Gasteiger partial charge in [0.15, 0.2) is 0 Å². The maximum Gasteiger partial charge on any atom is 0.0950 e. The van der Waals surface area contributed by atoms with E-state index in [0.29, 0.717) is 5.88 Å². The van der Waals surface area contributed by atoms with Gasteiger partial charge >= 0.3 is 0 Å². The zero-order valence-electron chi connectivity index (χ0n) is 9.32. The lowest BCUT2D eigenvalue weighted by atomic mass is 9.80. The molecule has 2 rings (SSSR count). The second-order valence-corrected chi connectivity index (χ2v) is 4.98. The van der Waals surface area contributed by atoms with Crippen LogP contribution in [0.4, 0.5) is 0 Å². The first kappa shape index (κ1) is 11.0. The highest BCUT2D eigenvalue weighted by molar-refractivity contribution is 6.16. The Bertz CT molecular complexity index is 308. The van der Waals surface area contributed by atoms with Gasteiger partial charge in [-0.25, -0.2) is 4.98 Å². The van der Waals surface area contributed by atoms with Gasteiger partial charge < -0.3 is 4.57 Å². The number of nitrogens with zero attached hydrogens (tertiary/aromatic N) is 2. The van der Waals surface area contributed by atoms with Crippen LogP contribution in [0.15, 0.2) is 12.5 Å². The van der Waals surface area contributed by atoms with Crippen molar-refractivity contribution in [3.05, 3.63) is 18.2 Å². The second-order valence-electron chi connectivity index (χ2n) is 4.72. The summed E-state index contributed by atoms with van der Waals surface area (Å²) in [7, 11) is 0. The number of aromatic nitrogens is 2. The van der Waals surface area contributed by atoms with Crippen LogP contribution in [0.1, 0.15) is 38.3 Å². The molecule has 2 atom stereocenters. The molecular formula is C12H19ClN2. The first-order chi connectivity index (χ1) is 7.29. The average Bonchev–Trinajstić information content (AvgIpc) is 2.69. The van der Waals surface area contributed by atoms with Gasteiger partial charge in [-0.15, -0.1) is 11.6 Å². The highest BCUT2D eigenvalue weighted by Crippen LogP contribution is 2.30. The molecule has 84 valence electrons. The molecule has 1 heterocycles. The monoisotopic (exact) mass is 226 g/mol. The lowest BCUT2D eigenvalue weighted by Gasteiger charge is -2.28. The van der Waals surface area contributed by atoms with E-state index in [1.165, 1.54) is 25.7 Å². The Kier molecular flexibility index (Phi) is 3.68. The number of halogens is 1. The van der Waals surface area contributed by atoms with Gasteiger partial charge in [0.05, 0.1) is 17.9 Å². The number of hydrogen-bond acceptors (Lipinski definition) is 1. The maximum absolute atomic E-state index is 5.74. The van der Waals surface area contributed by atoms with Gasteiger partial charge in [0.1, 0.15) is 0 Å². The lowest BCUT2D eigenvalue weighted by Crippen LogP contribution is -2.21. The smallest absolute Gasteiger partial charge is 0.0950 e. The van der Waals surface area contributed by atoms with Gasteiger partial charge in [-0.2, -0.15) is 0 Å². The van der Waals surface area contributed by atoms with Crippen molar-refractivity contribution in [2.75, 3.05) is 0 Å². The molecule has 0 aromatic carbocycles. The Balaban J connectivity index is 1.95. The minimum atomic E-state index is 0.521. The SMILES string of the molecule is CC1CCCCC1Cn1cnc(CCl)c1. The van der Waals surface area contributed by atoms with Crippen molar-refractivity contribution in [1.29, 1.82) is 0 Å². The zero-order chi connectivity index (χ0) is 10.7. The molecule has 1 aliphatic carbocycles. The second kappa shape index (κ2) is 5.02. The molecule has 0 saturated heterocycles. The molecule has 0 aliphatic heterocycles. The lowest BCUT2D eigenvalue weighted by molar-refractivity contribution is 0.228. The Morgan fingerprint density at radius 2 is 2.27 bits per heavy atom. The van der Waals surface area contributed by atoms with Crippen LogP contribution in [0.25, 0.3) is 0 Å². The molecule has 1 saturated carbocycles. The van der Waals surface area contributed by atoms with E-state index in [9.17, 15) is 0 Å². The van der Waals surface area contributed by atoms with Crippen LogP contribution in [-0.4, -0.2) is 9.55 Å². The fourth-order valence-electron chi connectivity index (χ4n) is 2.51. The predicted molar refractivity (Wildman–Crippen MR) is 62.9 cm³/mol. The Hall–Kier alpha value is -0.500. The summed E-state index contributed by atoms with van der Waals surface area (Å²) in [5, 5.41) is 0. The third kappa shape index (κ3) is 2.75. The highest BCUT2D eigenvalue weighted by Gasteiger charge is 2.21. The summed E-state index contributed by atoms with van der Waals surface area (Å²) in [4.78, 5) is 4.26. The van der Waals surface area contributed by atoms with Crippen LogP contribution in [0.2, 0.25) is 0 Å². The summed E-state index contributed by atoms with van der Waals surface area (Å²) in [5.41, 5.74) is 0.986. The number of imidazole rings is 1. The largest absolute Gasteiger partial charge is 0.337 e. The van der Waals surface area contributed by atoms with Gasteiger partial charge in [0.2, 0.25) is 0 Å². The van der Waals surface area contributed by atoms with Gasteiger partial charge in [-0.3, -0.25) is 0 Å². The quantitative estimate of drug-likeness (QED) is 0.722. The fraction of sp³-hybridized carbons (Fsp3) is 0.750. The van der Waals surface area contributed by atoms with Crippen LogP contribution < -0.4 is 0 Å². The van der Waals surface area contributed by atoms with E-state index in [-0.39, 0.29) is 0 Å². The van der Waals surface area contributed by atoms with Crippen molar-refractivity contribution < 1.29 is 0 Å². The molecule has 1 fully saturated rings. The summed E-state index contributed by atoms with van der Waals surface area (Å²) < 4.78 is 2.20. The molecule has 0 N–H and O–H groups in total. The molecule has 0 amide bonds. The van der Waals surface area contributed by atoms with E-state index in [1.807, 2.05) is 6.33 Å². The number of alkyl halides is 1. The first-order valence-electron chi connectivity index (χ1n) is 5.86. The molecule has 3 heteroatoms. The average molecular weight is 227 g/mol. The fourth-order valence-corrected chi connectivity index (χ4v) is 2.65. The minimum absolute atomic E-state index is 0.521. The van der Waals surface area contributed by atoms with E-state index < -0.39 is 0 Å². The Labute approximate surface area is 96.7 Å². The van der Waals surface area contributed by atoms with E-state index in [2.05, 4.69) is 22.7 Å². The third-order valence-electron chi connectivity index (χ3n) is 3.56. The van der Waals surface area contributed by atoms with Gasteiger partial charge in [0, 0.05) is 12.7 Å². The highest BCUT2D eigenvalue weighted by atomic mass is 35.5. The molecule has 0 spiro atoms. The van der Waals surface area contributed by atoms with Crippen LogP contribution in [0.5, 0.6) is 0 Å². The normalized spacial score (nSPS) is 26.8. The van der Waals surface area contributed by atoms with Crippen molar-refractivity contribution in [2.45, 2.75) is 45.0 Å². The molecule has 1 aliphatic rings. The third-order valence-corrected chi connectivity index (χ3v) is 3.83. The molecule has 2 nitrogen and oxygen atoms in total. The van der Waals surface area contributed by atoms with Gasteiger partial charge in [0.25, 0.3) is 0 Å². The molecular weight excluding hydrogens is 208 g/mol. The molecule has 0 radical (unpaired) electrons. The Morgan fingerprint density at radius 3 is 2.93 bits per heavy atom. The van der Waals surface area contributed by atoms with Crippen molar-refractivity contribution >= 4 is 11.6 Å². The van der Waals surface area contributed by atoms with Crippen LogP contribution >= 0.6 is 11.6 Å². The number of rotatable bonds is 3. The predicted octanol–water partition coefficient (Wildman–Crippen LogP) is 3.45. The summed E-state index contributed by atoms with van der Waals surface area (Å²) in [5.74, 6) is 2.21. The molecule has 15 heavy (non-hydrogen) atoms. The molecule has 1 aromatic heterocycles. The van der Waals surface area contributed by atoms with E-state index in [1.54, 1.807) is 0 Å². The molecule has 2 unspecified atom stereocenters. The van der Waals surface area contributed by atoms with Gasteiger partial charge in [-0.1, -0.05) is 26.2 Å². The van der Waals surface area contributed by atoms with Crippen molar-refractivity contribution in [1.82, 2.24) is 9.55 Å². The molecule has 1 aromatic rings. The van der Waals surface area contributed by atoms with E-state index in [0.717, 1.165) is 24.1 Å². The maximum atomic E-state index is 5.74. The van der Waals surface area contributed by atoms with Crippen LogP contribution in [-0.2, 0) is 12.4 Å². The van der Waals surface area contributed by atoms with Crippen LogP contribution in [0.3, 0.4) is 0 Å². The van der Waals surface area contributed by atoms with Crippen molar-refractivity contribution in [2.24, 2.45) is 11.8 Å². The Morgan fingerprint density at radius 1 is 1.47 bits per heavy atom. The zero-order valence-corrected chi connectivity index (χ0v) is 10.1. The van der Waals surface area contributed by atoms with E-state index >= 15 is 0 Å². The van der Waals surface area contributed by atoms with Gasteiger partial charge in [-0.05, 0) is 18.3 Å². The first-order valence-corrected chi connectivity index (χ1v) is 6.39. The summed E-state index contributed by atoms with van der Waals surface area (Å²) in [6, 6.07) is 0. The summed E-state index contributed by atoms with van der Waals surface area (Å²) in [6.45, 7) is 3.49. The van der Waals surface area contributed by atoms with Crippen LogP contribution in [0, 0.1) is 11.8 Å². The van der Waals surface area contributed by atoms with E-state index in [4.69, 9.17) is 11.6 Å². The van der Waals surface area contributed by atoms with Crippen molar-refractivity contribution in [3.63, 3.8) is 0 Å². The molecule has 0 bridgehead atoms. The summed E-state index contributed by atoms with van der Waals surface area (Å²) >= 11 is 5.74. The number of hydrogen-bond donors (Lipinski definition) is 0. The topological polar surface area (TPSA) is 17.8 Å². The van der Waals surface area contributed by atoms with Crippen molar-refractivity contribution in [3.8, 4) is 0 Å². The summed E-state index contributed by atoms with van der Waals surface area (Å²) in [6.07, 6.45) is 9.56.